The monoisotopic (exact) mass is 267 g/mol. The van der Waals surface area contributed by atoms with Gasteiger partial charge in [-0.3, -0.25) is 0 Å². The number of likely N-dealkylation sites (tertiary alicyclic amines) is 1. The third-order valence-corrected chi connectivity index (χ3v) is 3.28. The lowest BCUT2D eigenvalue weighted by atomic mass is 9.97. The first kappa shape index (κ1) is 13.9. The fourth-order valence-electron chi connectivity index (χ4n) is 2.34. The van der Waals surface area contributed by atoms with Crippen molar-refractivity contribution in [3.63, 3.8) is 0 Å². The van der Waals surface area contributed by atoms with E-state index in [1.54, 1.807) is 4.90 Å². The summed E-state index contributed by atoms with van der Waals surface area (Å²) in [4.78, 5) is 25.1. The number of nitrogens with zero attached hydrogens (tertiary/aromatic N) is 1. The molecule has 0 aliphatic carbocycles. The molecule has 106 valence electrons. The van der Waals surface area contributed by atoms with Crippen molar-refractivity contribution in [3.8, 4) is 0 Å². The summed E-state index contributed by atoms with van der Waals surface area (Å²) in [7, 11) is 0. The maximum atomic E-state index is 11.9. The van der Waals surface area contributed by atoms with Gasteiger partial charge in [-0.15, -0.1) is 0 Å². The average Bonchev–Trinajstić information content (AvgIpc) is 2.73. The number of amides is 1. The van der Waals surface area contributed by atoms with E-state index in [2.05, 4.69) is 0 Å². The second-order valence-electron chi connectivity index (χ2n) is 5.94. The van der Waals surface area contributed by atoms with Gasteiger partial charge in [0.05, 0.1) is 6.61 Å². The minimum absolute atomic E-state index is 0.180. The SMILES string of the molecule is CC(C)(C)OC(=O)N1CCC(=C2CCOC2=O)CC1. The summed E-state index contributed by atoms with van der Waals surface area (Å²) in [5, 5.41) is 0. The molecule has 0 radical (unpaired) electrons. The maximum Gasteiger partial charge on any atom is 0.410 e. The Morgan fingerprint density at radius 1 is 1.21 bits per heavy atom. The molecule has 19 heavy (non-hydrogen) atoms. The number of carbonyl (C=O) groups is 2. The number of hydrogen-bond acceptors (Lipinski definition) is 4. The molecule has 2 fully saturated rings. The van der Waals surface area contributed by atoms with E-state index in [0.29, 0.717) is 26.1 Å². The van der Waals surface area contributed by atoms with E-state index < -0.39 is 5.60 Å². The summed E-state index contributed by atoms with van der Waals surface area (Å²) < 4.78 is 10.3. The second-order valence-corrected chi connectivity index (χ2v) is 5.94. The van der Waals surface area contributed by atoms with Crippen molar-refractivity contribution in [1.82, 2.24) is 4.90 Å². The van der Waals surface area contributed by atoms with Gasteiger partial charge in [-0.25, -0.2) is 9.59 Å². The summed E-state index contributed by atoms with van der Waals surface area (Å²) >= 11 is 0. The number of carbonyl (C=O) groups excluding carboxylic acids is 2. The van der Waals surface area contributed by atoms with Crippen LogP contribution in [0.15, 0.2) is 11.1 Å². The van der Waals surface area contributed by atoms with E-state index in [-0.39, 0.29) is 12.1 Å². The number of ether oxygens (including phenoxy) is 2. The molecule has 0 unspecified atom stereocenters. The minimum atomic E-state index is -0.467. The second kappa shape index (κ2) is 5.23. The molecular formula is C14H21NO4. The van der Waals surface area contributed by atoms with E-state index in [1.807, 2.05) is 20.8 Å². The molecule has 0 aromatic carbocycles. The molecule has 0 atom stereocenters. The van der Waals surface area contributed by atoms with E-state index in [1.165, 1.54) is 0 Å². The van der Waals surface area contributed by atoms with Gasteiger partial charge < -0.3 is 14.4 Å². The summed E-state index contributed by atoms with van der Waals surface area (Å²) in [6.45, 7) is 7.29. The molecule has 0 N–H and O–H groups in total. The van der Waals surface area contributed by atoms with E-state index >= 15 is 0 Å². The number of rotatable bonds is 0. The lowest BCUT2D eigenvalue weighted by Gasteiger charge is -2.31. The minimum Gasteiger partial charge on any atom is -0.462 e. The highest BCUT2D eigenvalue weighted by Gasteiger charge is 2.28. The van der Waals surface area contributed by atoms with Gasteiger partial charge in [-0.2, -0.15) is 0 Å². The average molecular weight is 267 g/mol. The van der Waals surface area contributed by atoms with Gasteiger partial charge in [0.25, 0.3) is 0 Å². The Hall–Kier alpha value is -1.52. The van der Waals surface area contributed by atoms with Crippen molar-refractivity contribution in [1.29, 1.82) is 0 Å². The van der Waals surface area contributed by atoms with Gasteiger partial charge in [0, 0.05) is 25.1 Å². The largest absolute Gasteiger partial charge is 0.462 e. The van der Waals surface area contributed by atoms with Gasteiger partial charge in [0.2, 0.25) is 0 Å². The maximum absolute atomic E-state index is 11.9. The Morgan fingerprint density at radius 2 is 1.84 bits per heavy atom. The van der Waals surface area contributed by atoms with Crippen molar-refractivity contribution in [3.05, 3.63) is 11.1 Å². The summed E-state index contributed by atoms with van der Waals surface area (Å²) in [6, 6.07) is 0. The van der Waals surface area contributed by atoms with Crippen LogP contribution >= 0.6 is 0 Å². The molecular weight excluding hydrogens is 246 g/mol. The van der Waals surface area contributed by atoms with Crippen LogP contribution < -0.4 is 0 Å². The first-order chi connectivity index (χ1) is 8.87. The lowest BCUT2D eigenvalue weighted by Crippen LogP contribution is -2.40. The molecule has 5 nitrogen and oxygen atoms in total. The Labute approximate surface area is 113 Å². The Balaban J connectivity index is 1.92. The van der Waals surface area contributed by atoms with Gasteiger partial charge in [0.1, 0.15) is 5.60 Å². The molecule has 2 aliphatic rings. The predicted octanol–water partition coefficient (Wildman–Crippen LogP) is 2.26. The predicted molar refractivity (Wildman–Crippen MR) is 69.6 cm³/mol. The van der Waals surface area contributed by atoms with E-state index in [0.717, 1.165) is 24.0 Å². The van der Waals surface area contributed by atoms with Crippen LogP contribution in [0.4, 0.5) is 4.79 Å². The van der Waals surface area contributed by atoms with Crippen molar-refractivity contribution in [2.45, 2.75) is 45.6 Å². The van der Waals surface area contributed by atoms with Crippen LogP contribution in [0.3, 0.4) is 0 Å². The molecule has 0 spiro atoms. The van der Waals surface area contributed by atoms with Gasteiger partial charge >= 0.3 is 12.1 Å². The van der Waals surface area contributed by atoms with E-state index in [4.69, 9.17) is 9.47 Å². The molecule has 5 heteroatoms. The topological polar surface area (TPSA) is 55.8 Å². The van der Waals surface area contributed by atoms with Crippen molar-refractivity contribution in [2.24, 2.45) is 0 Å². The van der Waals surface area contributed by atoms with Crippen molar-refractivity contribution in [2.75, 3.05) is 19.7 Å². The third-order valence-electron chi connectivity index (χ3n) is 3.28. The molecule has 0 aromatic rings. The molecule has 2 aliphatic heterocycles. The molecule has 0 saturated carbocycles. The standard InChI is InChI=1S/C14H21NO4/c1-14(2,3)19-13(17)15-7-4-10(5-8-15)11-6-9-18-12(11)16/h4-9H2,1-3H3. The van der Waals surface area contributed by atoms with Crippen LogP contribution in [0.25, 0.3) is 0 Å². The zero-order chi connectivity index (χ0) is 14.0. The fourth-order valence-corrected chi connectivity index (χ4v) is 2.34. The summed E-state index contributed by atoms with van der Waals surface area (Å²) in [6.07, 6.45) is 1.92. The third kappa shape index (κ3) is 3.49. The van der Waals surface area contributed by atoms with Crippen LogP contribution in [-0.4, -0.2) is 42.3 Å². The normalized spacial score (nSPS) is 20.6. The molecule has 0 bridgehead atoms. The first-order valence-corrected chi connectivity index (χ1v) is 6.73. The highest BCUT2D eigenvalue weighted by atomic mass is 16.6. The summed E-state index contributed by atoms with van der Waals surface area (Å²) in [5.41, 5.74) is 1.50. The molecule has 2 heterocycles. The number of hydrogen-bond donors (Lipinski definition) is 0. The van der Waals surface area contributed by atoms with E-state index in [9.17, 15) is 9.59 Å². The first-order valence-electron chi connectivity index (χ1n) is 6.73. The van der Waals surface area contributed by atoms with Crippen molar-refractivity contribution < 1.29 is 19.1 Å². The van der Waals surface area contributed by atoms with Gasteiger partial charge in [-0.05, 0) is 33.6 Å². The fraction of sp³-hybridized carbons (Fsp3) is 0.714. The zero-order valence-electron chi connectivity index (χ0n) is 11.8. The molecule has 2 rings (SSSR count). The quantitative estimate of drug-likeness (QED) is 0.499. The van der Waals surface area contributed by atoms with Crippen LogP contribution in [0.1, 0.15) is 40.0 Å². The van der Waals surface area contributed by atoms with Gasteiger partial charge in [-0.1, -0.05) is 5.57 Å². The molecule has 1 amide bonds. The Morgan fingerprint density at radius 3 is 2.32 bits per heavy atom. The zero-order valence-corrected chi connectivity index (χ0v) is 11.8. The van der Waals surface area contributed by atoms with Crippen LogP contribution in [0.2, 0.25) is 0 Å². The van der Waals surface area contributed by atoms with Crippen LogP contribution in [-0.2, 0) is 14.3 Å². The summed E-state index contributed by atoms with van der Waals surface area (Å²) in [5.74, 6) is -0.180. The van der Waals surface area contributed by atoms with Gasteiger partial charge in [0.15, 0.2) is 0 Å². The highest BCUT2D eigenvalue weighted by molar-refractivity contribution is 5.91. The molecule has 2 saturated heterocycles. The Kier molecular flexibility index (Phi) is 3.83. The van der Waals surface area contributed by atoms with Crippen LogP contribution in [0.5, 0.6) is 0 Å². The number of piperidine rings is 1. The number of cyclic esters (lactones) is 1. The molecule has 0 aromatic heterocycles. The number of esters is 1. The highest BCUT2D eigenvalue weighted by Crippen LogP contribution is 2.26. The smallest absolute Gasteiger partial charge is 0.410 e. The van der Waals surface area contributed by atoms with Crippen molar-refractivity contribution >= 4 is 12.1 Å². The Bertz CT molecular complexity index is 410. The van der Waals surface area contributed by atoms with Crippen LogP contribution in [0, 0.1) is 0 Å². The lowest BCUT2D eigenvalue weighted by molar-refractivity contribution is -0.135.